The third-order valence-corrected chi connectivity index (χ3v) is 3.42. The highest BCUT2D eigenvalue weighted by Crippen LogP contribution is 2.25. The SMILES string of the molecule is CC(C)C(=O)OCC1CN1Cc1ccccc1Cl. The molecule has 98 valence electrons. The Kier molecular flexibility index (Phi) is 4.25. The molecule has 1 aliphatic rings. The van der Waals surface area contributed by atoms with Crippen LogP contribution in [0.2, 0.25) is 5.02 Å². The van der Waals surface area contributed by atoms with Crippen molar-refractivity contribution >= 4 is 17.6 Å². The molecule has 2 atom stereocenters. The topological polar surface area (TPSA) is 29.3 Å². The Morgan fingerprint density at radius 3 is 2.89 bits per heavy atom. The number of rotatable bonds is 5. The number of benzene rings is 1. The van der Waals surface area contributed by atoms with Crippen LogP contribution >= 0.6 is 11.6 Å². The fourth-order valence-electron chi connectivity index (χ4n) is 1.77. The van der Waals surface area contributed by atoms with E-state index in [1.807, 2.05) is 38.1 Å². The lowest BCUT2D eigenvalue weighted by Gasteiger charge is -2.08. The van der Waals surface area contributed by atoms with Gasteiger partial charge in [0.1, 0.15) is 6.61 Å². The molecular formula is C14H18ClNO2. The average Bonchev–Trinajstić information content (AvgIpc) is 3.07. The second-order valence-corrected chi connectivity index (χ2v) is 5.37. The fraction of sp³-hybridized carbons (Fsp3) is 0.500. The van der Waals surface area contributed by atoms with E-state index in [1.54, 1.807) is 0 Å². The van der Waals surface area contributed by atoms with Crippen LogP contribution in [0.1, 0.15) is 19.4 Å². The Morgan fingerprint density at radius 1 is 1.50 bits per heavy atom. The highest BCUT2D eigenvalue weighted by atomic mass is 35.5. The zero-order chi connectivity index (χ0) is 13.1. The van der Waals surface area contributed by atoms with Gasteiger partial charge in [0.2, 0.25) is 0 Å². The predicted molar refractivity (Wildman–Crippen MR) is 71.4 cm³/mol. The molecule has 2 unspecified atom stereocenters. The zero-order valence-electron chi connectivity index (χ0n) is 10.7. The molecular weight excluding hydrogens is 250 g/mol. The van der Waals surface area contributed by atoms with Gasteiger partial charge in [0.05, 0.1) is 12.0 Å². The summed E-state index contributed by atoms with van der Waals surface area (Å²) in [6, 6.07) is 8.18. The zero-order valence-corrected chi connectivity index (χ0v) is 11.5. The molecule has 0 bridgehead atoms. The molecule has 1 aliphatic heterocycles. The molecule has 1 heterocycles. The van der Waals surface area contributed by atoms with Gasteiger partial charge in [-0.3, -0.25) is 9.69 Å². The number of nitrogens with zero attached hydrogens (tertiary/aromatic N) is 1. The molecule has 3 nitrogen and oxygen atoms in total. The highest BCUT2D eigenvalue weighted by molar-refractivity contribution is 6.31. The van der Waals surface area contributed by atoms with Crippen LogP contribution < -0.4 is 0 Å². The van der Waals surface area contributed by atoms with E-state index in [0.717, 1.165) is 23.7 Å². The fourth-order valence-corrected chi connectivity index (χ4v) is 1.96. The molecule has 1 saturated heterocycles. The number of esters is 1. The first-order chi connectivity index (χ1) is 8.58. The first-order valence-corrected chi connectivity index (χ1v) is 6.60. The second kappa shape index (κ2) is 5.72. The molecule has 0 radical (unpaired) electrons. The van der Waals surface area contributed by atoms with Gasteiger partial charge in [0.15, 0.2) is 0 Å². The van der Waals surface area contributed by atoms with Crippen molar-refractivity contribution in [3.63, 3.8) is 0 Å². The smallest absolute Gasteiger partial charge is 0.308 e. The molecule has 0 saturated carbocycles. The number of halogens is 1. The number of hydrogen-bond donors (Lipinski definition) is 0. The lowest BCUT2D eigenvalue weighted by Crippen LogP contribution is -2.17. The summed E-state index contributed by atoms with van der Waals surface area (Å²) in [5, 5.41) is 0.794. The van der Waals surface area contributed by atoms with E-state index in [9.17, 15) is 4.79 Å². The number of carbonyl (C=O) groups is 1. The Morgan fingerprint density at radius 2 is 2.22 bits per heavy atom. The van der Waals surface area contributed by atoms with Crippen LogP contribution in [0.25, 0.3) is 0 Å². The summed E-state index contributed by atoms with van der Waals surface area (Å²) >= 11 is 6.10. The van der Waals surface area contributed by atoms with Crippen LogP contribution in [0.5, 0.6) is 0 Å². The monoisotopic (exact) mass is 267 g/mol. The Bertz CT molecular complexity index is 434. The van der Waals surface area contributed by atoms with E-state index in [1.165, 1.54) is 0 Å². The summed E-state index contributed by atoms with van der Waals surface area (Å²) in [7, 11) is 0. The van der Waals surface area contributed by atoms with Crippen LogP contribution in [-0.4, -0.2) is 30.1 Å². The van der Waals surface area contributed by atoms with Crippen LogP contribution in [0.4, 0.5) is 0 Å². The Balaban J connectivity index is 1.76. The van der Waals surface area contributed by atoms with E-state index in [-0.39, 0.29) is 11.9 Å². The van der Waals surface area contributed by atoms with Crippen molar-refractivity contribution in [3.05, 3.63) is 34.9 Å². The minimum Gasteiger partial charge on any atom is -0.464 e. The van der Waals surface area contributed by atoms with Crippen LogP contribution in [-0.2, 0) is 16.1 Å². The maximum atomic E-state index is 11.3. The summed E-state index contributed by atoms with van der Waals surface area (Å²) in [4.78, 5) is 13.6. The largest absolute Gasteiger partial charge is 0.464 e. The van der Waals surface area contributed by atoms with E-state index in [2.05, 4.69) is 4.90 Å². The maximum Gasteiger partial charge on any atom is 0.308 e. The van der Waals surface area contributed by atoms with E-state index in [0.29, 0.717) is 12.6 Å². The van der Waals surface area contributed by atoms with Crippen LogP contribution in [0.3, 0.4) is 0 Å². The first kappa shape index (κ1) is 13.4. The summed E-state index contributed by atoms with van der Waals surface area (Å²) in [6.07, 6.45) is 0. The maximum absolute atomic E-state index is 11.3. The van der Waals surface area contributed by atoms with Gasteiger partial charge in [0.25, 0.3) is 0 Å². The molecule has 0 amide bonds. The lowest BCUT2D eigenvalue weighted by atomic mass is 10.2. The minimum absolute atomic E-state index is 0.0548. The summed E-state index contributed by atoms with van der Waals surface area (Å²) < 4.78 is 5.21. The van der Waals surface area contributed by atoms with E-state index < -0.39 is 0 Å². The van der Waals surface area contributed by atoms with Gasteiger partial charge in [-0.05, 0) is 11.6 Å². The summed E-state index contributed by atoms with van der Waals surface area (Å²) in [6.45, 7) is 5.97. The first-order valence-electron chi connectivity index (χ1n) is 6.22. The molecule has 0 aromatic heterocycles. The molecule has 0 spiro atoms. The van der Waals surface area contributed by atoms with Crippen molar-refractivity contribution in [2.24, 2.45) is 5.92 Å². The van der Waals surface area contributed by atoms with Crippen molar-refractivity contribution in [1.29, 1.82) is 0 Å². The third kappa shape index (κ3) is 3.47. The quantitative estimate of drug-likeness (QED) is 0.607. The van der Waals surface area contributed by atoms with Gasteiger partial charge in [0, 0.05) is 18.1 Å². The van der Waals surface area contributed by atoms with E-state index in [4.69, 9.17) is 16.3 Å². The standard InChI is InChI=1S/C14H18ClNO2/c1-10(2)14(17)18-9-12-8-16(12)7-11-5-3-4-6-13(11)15/h3-6,10,12H,7-9H2,1-2H3. The van der Waals surface area contributed by atoms with Gasteiger partial charge in [-0.25, -0.2) is 0 Å². The molecule has 4 heteroatoms. The van der Waals surface area contributed by atoms with Crippen molar-refractivity contribution in [3.8, 4) is 0 Å². The summed E-state index contributed by atoms with van der Waals surface area (Å²) in [5.41, 5.74) is 1.12. The van der Waals surface area contributed by atoms with Crippen molar-refractivity contribution in [1.82, 2.24) is 4.90 Å². The van der Waals surface area contributed by atoms with Crippen molar-refractivity contribution in [2.45, 2.75) is 26.4 Å². The van der Waals surface area contributed by atoms with Gasteiger partial charge in [-0.15, -0.1) is 0 Å². The molecule has 1 fully saturated rings. The Hall–Kier alpha value is -1.06. The second-order valence-electron chi connectivity index (χ2n) is 4.96. The molecule has 18 heavy (non-hydrogen) atoms. The highest BCUT2D eigenvalue weighted by Gasteiger charge is 2.35. The molecule has 2 rings (SSSR count). The van der Waals surface area contributed by atoms with Gasteiger partial charge in [-0.1, -0.05) is 43.6 Å². The normalized spacial score (nSPS) is 22.0. The van der Waals surface area contributed by atoms with Gasteiger partial charge in [-0.2, -0.15) is 0 Å². The van der Waals surface area contributed by atoms with Gasteiger partial charge < -0.3 is 4.74 Å². The minimum atomic E-state index is -0.125. The summed E-state index contributed by atoms with van der Waals surface area (Å²) in [5.74, 6) is -0.180. The van der Waals surface area contributed by atoms with Crippen LogP contribution in [0, 0.1) is 5.92 Å². The van der Waals surface area contributed by atoms with Gasteiger partial charge >= 0.3 is 5.97 Å². The molecule has 1 aromatic rings. The molecule has 1 aromatic carbocycles. The third-order valence-electron chi connectivity index (χ3n) is 3.05. The molecule has 0 aliphatic carbocycles. The van der Waals surface area contributed by atoms with E-state index >= 15 is 0 Å². The van der Waals surface area contributed by atoms with Crippen molar-refractivity contribution in [2.75, 3.05) is 13.2 Å². The lowest BCUT2D eigenvalue weighted by molar-refractivity contribution is -0.147. The van der Waals surface area contributed by atoms with Crippen molar-refractivity contribution < 1.29 is 9.53 Å². The number of ether oxygens (including phenoxy) is 1. The van der Waals surface area contributed by atoms with Crippen LogP contribution in [0.15, 0.2) is 24.3 Å². The Labute approximate surface area is 113 Å². The number of carbonyl (C=O) groups excluding carboxylic acids is 1. The predicted octanol–water partition coefficient (Wildman–Crippen LogP) is 2.72. The molecule has 0 N–H and O–H groups in total. The average molecular weight is 268 g/mol. The number of hydrogen-bond acceptors (Lipinski definition) is 3.